The first kappa shape index (κ1) is 8.53. The van der Waals surface area contributed by atoms with E-state index in [4.69, 9.17) is 5.11 Å². The number of carboxylic acids is 1. The highest BCUT2D eigenvalue weighted by Gasteiger charge is 2.18. The predicted octanol–water partition coefficient (Wildman–Crippen LogP) is 0.849. The maximum absolute atomic E-state index is 10.4. The molecular weight excluding hydrogens is 142 g/mol. The number of carboxylic acid groups (broad SMARTS) is 1. The molecule has 64 valence electrons. The van der Waals surface area contributed by atoms with Gasteiger partial charge in [-0.2, -0.15) is 0 Å². The van der Waals surface area contributed by atoms with Gasteiger partial charge in [0.2, 0.25) is 0 Å². The highest BCUT2D eigenvalue weighted by atomic mass is 16.4. The van der Waals surface area contributed by atoms with Crippen molar-refractivity contribution in [3.63, 3.8) is 0 Å². The Balaban J connectivity index is 2.05. The fraction of sp³-hybridized carbons (Fsp3) is 0.875. The van der Waals surface area contributed by atoms with Gasteiger partial charge in [0, 0.05) is 6.04 Å². The van der Waals surface area contributed by atoms with Gasteiger partial charge in [-0.05, 0) is 25.8 Å². The number of aliphatic carboxylic acids is 1. The second kappa shape index (κ2) is 3.72. The molecule has 0 bridgehead atoms. The van der Waals surface area contributed by atoms with Crippen LogP contribution in [0, 0.1) is 5.92 Å². The quantitative estimate of drug-likeness (QED) is 0.636. The zero-order valence-corrected chi connectivity index (χ0v) is 6.84. The highest BCUT2D eigenvalue weighted by molar-refractivity contribution is 5.69. The molecule has 0 aromatic rings. The molecule has 3 nitrogen and oxygen atoms in total. The average molecular weight is 157 g/mol. The topological polar surface area (TPSA) is 49.3 Å². The molecule has 1 rings (SSSR count). The van der Waals surface area contributed by atoms with Crippen LogP contribution in [0.2, 0.25) is 0 Å². The second-order valence-corrected chi connectivity index (χ2v) is 3.26. The molecule has 2 atom stereocenters. The molecule has 1 saturated heterocycles. The normalized spacial score (nSPS) is 25.7. The lowest BCUT2D eigenvalue weighted by Gasteiger charge is -2.27. The van der Waals surface area contributed by atoms with Crippen molar-refractivity contribution in [2.24, 2.45) is 5.92 Å². The molecule has 0 saturated carbocycles. The van der Waals surface area contributed by atoms with Crippen molar-refractivity contribution in [3.05, 3.63) is 0 Å². The van der Waals surface area contributed by atoms with E-state index < -0.39 is 5.97 Å². The molecule has 2 N–H and O–H groups in total. The van der Waals surface area contributed by atoms with E-state index in [1.54, 1.807) is 6.92 Å². The van der Waals surface area contributed by atoms with Gasteiger partial charge in [-0.3, -0.25) is 4.79 Å². The van der Waals surface area contributed by atoms with E-state index in [0.717, 1.165) is 19.4 Å². The summed E-state index contributed by atoms with van der Waals surface area (Å²) in [5.74, 6) is -0.860. The molecule has 0 aliphatic carbocycles. The monoisotopic (exact) mass is 157 g/mol. The van der Waals surface area contributed by atoms with Crippen molar-refractivity contribution in [2.45, 2.75) is 32.2 Å². The average Bonchev–Trinajstić information content (AvgIpc) is 1.83. The Kier molecular flexibility index (Phi) is 2.88. The van der Waals surface area contributed by atoms with Gasteiger partial charge >= 0.3 is 5.97 Å². The number of hydrogen-bond acceptors (Lipinski definition) is 2. The molecule has 1 aliphatic rings. The predicted molar refractivity (Wildman–Crippen MR) is 42.4 cm³/mol. The van der Waals surface area contributed by atoms with Crippen molar-refractivity contribution >= 4 is 5.97 Å². The van der Waals surface area contributed by atoms with Gasteiger partial charge in [-0.15, -0.1) is 0 Å². The minimum Gasteiger partial charge on any atom is -0.481 e. The van der Waals surface area contributed by atoms with Crippen molar-refractivity contribution < 1.29 is 9.90 Å². The van der Waals surface area contributed by atoms with Gasteiger partial charge in [-0.25, -0.2) is 0 Å². The molecule has 3 heteroatoms. The third-order valence-corrected chi connectivity index (χ3v) is 2.30. The van der Waals surface area contributed by atoms with Gasteiger partial charge in [0.05, 0.1) is 5.92 Å². The Labute approximate surface area is 66.8 Å². The fourth-order valence-electron chi connectivity index (χ4n) is 1.17. The first-order valence-corrected chi connectivity index (χ1v) is 4.16. The third kappa shape index (κ3) is 2.50. The number of nitrogens with one attached hydrogen (secondary N) is 1. The molecule has 0 aromatic heterocycles. The minimum atomic E-state index is -0.677. The third-order valence-electron chi connectivity index (χ3n) is 2.30. The minimum absolute atomic E-state index is 0.183. The van der Waals surface area contributed by atoms with Gasteiger partial charge in [0.15, 0.2) is 0 Å². The van der Waals surface area contributed by atoms with E-state index in [9.17, 15) is 4.79 Å². The standard InChI is InChI=1S/C8H15NO2/c1-6(8(10)11)2-3-7-4-5-9-7/h6-7,9H,2-5H2,1H3,(H,10,11). The van der Waals surface area contributed by atoms with Crippen molar-refractivity contribution in [2.75, 3.05) is 6.54 Å². The first-order chi connectivity index (χ1) is 5.20. The Morgan fingerprint density at radius 3 is 2.82 bits per heavy atom. The highest BCUT2D eigenvalue weighted by Crippen LogP contribution is 2.13. The number of hydrogen-bond donors (Lipinski definition) is 2. The first-order valence-electron chi connectivity index (χ1n) is 4.16. The SMILES string of the molecule is CC(CCC1CCN1)C(=O)O. The van der Waals surface area contributed by atoms with Crippen LogP contribution in [0.4, 0.5) is 0 Å². The van der Waals surface area contributed by atoms with Crippen molar-refractivity contribution in [1.82, 2.24) is 5.32 Å². The molecule has 0 spiro atoms. The summed E-state index contributed by atoms with van der Waals surface area (Å²) >= 11 is 0. The summed E-state index contributed by atoms with van der Waals surface area (Å²) in [5, 5.41) is 11.8. The van der Waals surface area contributed by atoms with Crippen LogP contribution in [0.25, 0.3) is 0 Å². The lowest BCUT2D eigenvalue weighted by Crippen LogP contribution is -2.42. The van der Waals surface area contributed by atoms with Crippen LogP contribution in [0.15, 0.2) is 0 Å². The van der Waals surface area contributed by atoms with Gasteiger partial charge in [-0.1, -0.05) is 6.92 Å². The summed E-state index contributed by atoms with van der Waals surface area (Å²) in [5.41, 5.74) is 0. The Morgan fingerprint density at radius 1 is 1.82 bits per heavy atom. The summed E-state index contributed by atoms with van der Waals surface area (Å²) in [6.07, 6.45) is 3.02. The summed E-state index contributed by atoms with van der Waals surface area (Å²) in [6.45, 7) is 2.87. The maximum Gasteiger partial charge on any atom is 0.306 e. The van der Waals surface area contributed by atoms with Gasteiger partial charge in [0.1, 0.15) is 0 Å². The van der Waals surface area contributed by atoms with Crippen LogP contribution in [-0.4, -0.2) is 23.7 Å². The molecule has 0 aromatic carbocycles. The largest absolute Gasteiger partial charge is 0.481 e. The summed E-state index contributed by atoms with van der Waals surface area (Å²) in [7, 11) is 0. The summed E-state index contributed by atoms with van der Waals surface area (Å²) < 4.78 is 0. The number of carbonyl (C=O) groups is 1. The van der Waals surface area contributed by atoms with Gasteiger partial charge < -0.3 is 10.4 Å². The molecule has 2 unspecified atom stereocenters. The van der Waals surface area contributed by atoms with Crippen LogP contribution < -0.4 is 5.32 Å². The molecular formula is C8H15NO2. The molecule has 1 fully saturated rings. The molecule has 1 heterocycles. The fourth-order valence-corrected chi connectivity index (χ4v) is 1.17. The second-order valence-electron chi connectivity index (χ2n) is 3.26. The zero-order chi connectivity index (χ0) is 8.27. The van der Waals surface area contributed by atoms with E-state index in [-0.39, 0.29) is 5.92 Å². The van der Waals surface area contributed by atoms with E-state index in [2.05, 4.69) is 5.32 Å². The summed E-state index contributed by atoms with van der Waals surface area (Å²) in [6, 6.07) is 0.594. The van der Waals surface area contributed by atoms with E-state index >= 15 is 0 Å². The number of rotatable bonds is 4. The van der Waals surface area contributed by atoms with Crippen LogP contribution in [-0.2, 0) is 4.79 Å². The van der Waals surface area contributed by atoms with E-state index in [0.29, 0.717) is 6.04 Å². The Bertz CT molecular complexity index is 143. The molecule has 11 heavy (non-hydrogen) atoms. The van der Waals surface area contributed by atoms with Crippen molar-refractivity contribution in [3.8, 4) is 0 Å². The lowest BCUT2D eigenvalue weighted by atomic mass is 9.96. The van der Waals surface area contributed by atoms with Gasteiger partial charge in [0.25, 0.3) is 0 Å². The van der Waals surface area contributed by atoms with Crippen LogP contribution >= 0.6 is 0 Å². The smallest absolute Gasteiger partial charge is 0.306 e. The Morgan fingerprint density at radius 2 is 2.45 bits per heavy atom. The lowest BCUT2D eigenvalue weighted by molar-refractivity contribution is -0.141. The van der Waals surface area contributed by atoms with Crippen LogP contribution in [0.3, 0.4) is 0 Å². The molecule has 0 radical (unpaired) electrons. The molecule has 1 aliphatic heterocycles. The van der Waals surface area contributed by atoms with Crippen LogP contribution in [0.1, 0.15) is 26.2 Å². The van der Waals surface area contributed by atoms with E-state index in [1.165, 1.54) is 6.42 Å². The zero-order valence-electron chi connectivity index (χ0n) is 6.84. The Hall–Kier alpha value is -0.570. The van der Waals surface area contributed by atoms with E-state index in [1.807, 2.05) is 0 Å². The maximum atomic E-state index is 10.4. The van der Waals surface area contributed by atoms with Crippen LogP contribution in [0.5, 0.6) is 0 Å². The van der Waals surface area contributed by atoms with Crippen molar-refractivity contribution in [1.29, 1.82) is 0 Å². The molecule has 0 amide bonds. The summed E-state index contributed by atoms with van der Waals surface area (Å²) in [4.78, 5) is 10.4.